The molecule has 1 N–H and O–H groups in total. The molecule has 0 aromatic carbocycles. The second-order valence-corrected chi connectivity index (χ2v) is 4.06. The van der Waals surface area contributed by atoms with E-state index in [-0.39, 0.29) is 17.7 Å². The lowest BCUT2D eigenvalue weighted by Gasteiger charge is -2.16. The van der Waals surface area contributed by atoms with E-state index >= 15 is 0 Å². The second kappa shape index (κ2) is 5.65. The Hall–Kier alpha value is -1.60. The summed E-state index contributed by atoms with van der Waals surface area (Å²) in [4.78, 5) is 12.1. The smallest absolute Gasteiger partial charge is 0.268 e. The van der Waals surface area contributed by atoms with Crippen molar-refractivity contribution in [3.63, 3.8) is 0 Å². The minimum absolute atomic E-state index is 0.0447. The molecule has 0 aliphatic rings. The Labute approximate surface area is 101 Å². The fraction of sp³-hybridized carbons (Fsp3) is 0.538. The van der Waals surface area contributed by atoms with Gasteiger partial charge in [0.2, 0.25) is 0 Å². The molecule has 1 aromatic heterocycles. The van der Waals surface area contributed by atoms with E-state index < -0.39 is 0 Å². The van der Waals surface area contributed by atoms with Crippen LogP contribution in [0.15, 0.2) is 4.79 Å². The average Bonchev–Trinajstić information content (AvgIpc) is 2.30. The van der Waals surface area contributed by atoms with Gasteiger partial charge in [-0.05, 0) is 37.8 Å². The van der Waals surface area contributed by atoms with Crippen LogP contribution in [0.25, 0.3) is 0 Å². The van der Waals surface area contributed by atoms with Crippen molar-refractivity contribution >= 4 is 0 Å². The highest BCUT2D eigenvalue weighted by atomic mass is 16.3. The van der Waals surface area contributed by atoms with Crippen molar-refractivity contribution in [3.8, 4) is 6.07 Å². The molecule has 0 bridgehead atoms. The van der Waals surface area contributed by atoms with Gasteiger partial charge >= 0.3 is 0 Å². The first kappa shape index (κ1) is 13.5. The molecule has 0 saturated carbocycles. The summed E-state index contributed by atoms with van der Waals surface area (Å²) in [5, 5.41) is 17.9. The maximum Gasteiger partial charge on any atom is 0.268 e. The third kappa shape index (κ3) is 2.40. The van der Waals surface area contributed by atoms with E-state index in [1.165, 1.54) is 0 Å². The normalized spacial score (nSPS) is 10.3. The number of aliphatic hydroxyl groups is 1. The highest BCUT2D eigenvalue weighted by Crippen LogP contribution is 2.15. The van der Waals surface area contributed by atoms with E-state index in [1.807, 2.05) is 26.8 Å². The Balaban J connectivity index is 3.50. The Morgan fingerprint density at radius 1 is 1.41 bits per heavy atom. The first-order chi connectivity index (χ1) is 8.08. The SMILES string of the molecule is CCc1c(C)c(C#N)c(=O)n(CCCO)c1C. The molecule has 0 fully saturated rings. The zero-order valence-corrected chi connectivity index (χ0v) is 10.6. The molecule has 0 aliphatic carbocycles. The van der Waals surface area contributed by atoms with E-state index in [4.69, 9.17) is 10.4 Å². The van der Waals surface area contributed by atoms with E-state index in [0.717, 1.165) is 23.2 Å². The summed E-state index contributed by atoms with van der Waals surface area (Å²) < 4.78 is 1.60. The highest BCUT2D eigenvalue weighted by Gasteiger charge is 2.14. The topological polar surface area (TPSA) is 66.0 Å². The zero-order valence-electron chi connectivity index (χ0n) is 10.6. The standard InChI is InChI=1S/C13H18N2O2/c1-4-11-9(2)12(8-14)13(17)15(10(11)3)6-5-7-16/h16H,4-7H2,1-3H3. The molecule has 1 heterocycles. The molecule has 0 saturated heterocycles. The predicted molar refractivity (Wildman–Crippen MR) is 66.0 cm³/mol. The number of aliphatic hydroxyl groups excluding tert-OH is 1. The number of aromatic nitrogens is 1. The molecule has 0 unspecified atom stereocenters. The van der Waals surface area contributed by atoms with Crippen LogP contribution in [0.2, 0.25) is 0 Å². The van der Waals surface area contributed by atoms with Gasteiger partial charge in [0.05, 0.1) is 0 Å². The molecule has 0 spiro atoms. The van der Waals surface area contributed by atoms with Crippen LogP contribution in [0.3, 0.4) is 0 Å². The van der Waals surface area contributed by atoms with Crippen LogP contribution >= 0.6 is 0 Å². The van der Waals surface area contributed by atoms with E-state index in [1.54, 1.807) is 4.57 Å². The molecule has 0 radical (unpaired) electrons. The molecule has 17 heavy (non-hydrogen) atoms. The monoisotopic (exact) mass is 234 g/mol. The fourth-order valence-electron chi connectivity index (χ4n) is 2.18. The minimum Gasteiger partial charge on any atom is -0.396 e. The van der Waals surface area contributed by atoms with Gasteiger partial charge in [0, 0.05) is 18.8 Å². The predicted octanol–water partition coefficient (Wildman–Crippen LogP) is 1.28. The summed E-state index contributed by atoms with van der Waals surface area (Å²) in [6, 6.07) is 1.99. The second-order valence-electron chi connectivity index (χ2n) is 4.06. The van der Waals surface area contributed by atoms with Crippen molar-refractivity contribution in [1.82, 2.24) is 4.57 Å². The van der Waals surface area contributed by atoms with Crippen LogP contribution in [0.5, 0.6) is 0 Å². The molecule has 4 nitrogen and oxygen atoms in total. The Kier molecular flexibility index (Phi) is 4.47. The van der Waals surface area contributed by atoms with E-state index in [0.29, 0.717) is 13.0 Å². The van der Waals surface area contributed by atoms with Gasteiger partial charge in [0.15, 0.2) is 0 Å². The lowest BCUT2D eigenvalue weighted by atomic mass is 10.0. The van der Waals surface area contributed by atoms with Gasteiger partial charge in [0.1, 0.15) is 11.6 Å². The van der Waals surface area contributed by atoms with Crippen LogP contribution in [-0.2, 0) is 13.0 Å². The molecule has 4 heteroatoms. The van der Waals surface area contributed by atoms with Gasteiger partial charge in [-0.15, -0.1) is 0 Å². The van der Waals surface area contributed by atoms with Crippen molar-refractivity contribution in [2.75, 3.05) is 6.61 Å². The summed E-state index contributed by atoms with van der Waals surface area (Å²) in [5.41, 5.74) is 2.73. The number of pyridine rings is 1. The summed E-state index contributed by atoms with van der Waals surface area (Å²) >= 11 is 0. The van der Waals surface area contributed by atoms with Crippen molar-refractivity contribution < 1.29 is 5.11 Å². The van der Waals surface area contributed by atoms with Crippen LogP contribution in [-0.4, -0.2) is 16.3 Å². The van der Waals surface area contributed by atoms with Gasteiger partial charge in [-0.3, -0.25) is 4.79 Å². The number of rotatable bonds is 4. The molecule has 0 aliphatic heterocycles. The molecule has 0 atom stereocenters. The van der Waals surface area contributed by atoms with Gasteiger partial charge in [-0.25, -0.2) is 0 Å². The van der Waals surface area contributed by atoms with E-state index in [2.05, 4.69) is 0 Å². The molecule has 0 amide bonds. The summed E-state index contributed by atoms with van der Waals surface area (Å²) in [6.07, 6.45) is 1.32. The van der Waals surface area contributed by atoms with Crippen LogP contribution < -0.4 is 5.56 Å². The maximum absolute atomic E-state index is 12.1. The molecule has 92 valence electrons. The Morgan fingerprint density at radius 2 is 2.06 bits per heavy atom. The van der Waals surface area contributed by atoms with Crippen LogP contribution in [0.1, 0.15) is 35.7 Å². The van der Waals surface area contributed by atoms with Crippen molar-refractivity contribution in [1.29, 1.82) is 5.26 Å². The summed E-state index contributed by atoms with van der Waals surface area (Å²) in [6.45, 7) is 6.23. The maximum atomic E-state index is 12.1. The number of nitrogens with zero attached hydrogens (tertiary/aromatic N) is 2. The molecular weight excluding hydrogens is 216 g/mol. The average molecular weight is 234 g/mol. The number of hydrogen-bond acceptors (Lipinski definition) is 3. The summed E-state index contributed by atoms with van der Waals surface area (Å²) in [7, 11) is 0. The third-order valence-corrected chi connectivity index (χ3v) is 3.13. The van der Waals surface area contributed by atoms with Crippen molar-refractivity contribution in [3.05, 3.63) is 32.7 Å². The van der Waals surface area contributed by atoms with Crippen molar-refractivity contribution in [2.24, 2.45) is 0 Å². The summed E-state index contributed by atoms with van der Waals surface area (Å²) in [5.74, 6) is 0. The Morgan fingerprint density at radius 3 is 2.53 bits per heavy atom. The minimum atomic E-state index is -0.242. The quantitative estimate of drug-likeness (QED) is 0.853. The number of hydrogen-bond donors (Lipinski definition) is 1. The number of nitriles is 1. The van der Waals surface area contributed by atoms with Gasteiger partial charge in [0.25, 0.3) is 5.56 Å². The fourth-order valence-corrected chi connectivity index (χ4v) is 2.18. The largest absolute Gasteiger partial charge is 0.396 e. The Bertz CT molecular complexity index is 510. The molecule has 1 aromatic rings. The first-order valence-corrected chi connectivity index (χ1v) is 5.82. The highest BCUT2D eigenvalue weighted by molar-refractivity contribution is 5.42. The van der Waals surface area contributed by atoms with E-state index in [9.17, 15) is 4.79 Å². The van der Waals surface area contributed by atoms with Gasteiger partial charge < -0.3 is 9.67 Å². The third-order valence-electron chi connectivity index (χ3n) is 3.13. The van der Waals surface area contributed by atoms with Crippen LogP contribution in [0.4, 0.5) is 0 Å². The van der Waals surface area contributed by atoms with Gasteiger partial charge in [-0.2, -0.15) is 5.26 Å². The molecule has 1 rings (SSSR count). The lowest BCUT2D eigenvalue weighted by Crippen LogP contribution is -2.28. The zero-order chi connectivity index (χ0) is 13.0. The first-order valence-electron chi connectivity index (χ1n) is 5.82. The van der Waals surface area contributed by atoms with Gasteiger partial charge in [-0.1, -0.05) is 6.92 Å². The van der Waals surface area contributed by atoms with Crippen LogP contribution in [0, 0.1) is 25.2 Å². The lowest BCUT2D eigenvalue weighted by molar-refractivity contribution is 0.278. The van der Waals surface area contributed by atoms with Crippen molar-refractivity contribution in [2.45, 2.75) is 40.2 Å². The molecular formula is C13H18N2O2.